The van der Waals surface area contributed by atoms with Gasteiger partial charge in [-0.05, 0) is 30.4 Å². The average molecular weight is 281 g/mol. The molecule has 1 saturated heterocycles. The third-order valence-corrected chi connectivity index (χ3v) is 5.13. The van der Waals surface area contributed by atoms with Crippen LogP contribution >= 0.6 is 11.3 Å². The number of aliphatic hydroxyl groups is 1. The Bertz CT molecular complexity index is 448. The molecule has 104 valence electrons. The molecule has 1 amide bonds. The number of hydrogen-bond donors (Lipinski definition) is 1. The molecule has 4 nitrogen and oxygen atoms in total. The maximum atomic E-state index is 12.5. The fraction of sp³-hybridized carbons (Fsp3) is 0.643. The molecule has 1 atom stereocenters. The molecular weight excluding hydrogens is 262 g/mol. The van der Waals surface area contributed by atoms with Gasteiger partial charge in [-0.1, -0.05) is 0 Å². The summed E-state index contributed by atoms with van der Waals surface area (Å²) in [7, 11) is 0. The van der Waals surface area contributed by atoms with E-state index in [-0.39, 0.29) is 18.4 Å². The van der Waals surface area contributed by atoms with Crippen LogP contribution in [0.3, 0.4) is 0 Å². The number of carbonyl (C=O) groups excluding carboxylic acids is 1. The lowest BCUT2D eigenvalue weighted by Gasteiger charge is -2.31. The second-order valence-electron chi connectivity index (χ2n) is 5.30. The van der Waals surface area contributed by atoms with Crippen LogP contribution in [-0.2, 0) is 17.8 Å². The maximum Gasteiger partial charge on any atom is 0.263 e. The first-order valence-electron chi connectivity index (χ1n) is 6.87. The first-order valence-corrected chi connectivity index (χ1v) is 7.69. The predicted octanol–water partition coefficient (Wildman–Crippen LogP) is 1.67. The molecule has 1 N–H and O–H groups in total. The molecule has 19 heavy (non-hydrogen) atoms. The summed E-state index contributed by atoms with van der Waals surface area (Å²) in [5, 5.41) is 9.24. The molecule has 1 aromatic heterocycles. The first-order chi connectivity index (χ1) is 9.28. The number of thiophene rings is 1. The molecule has 1 fully saturated rings. The monoisotopic (exact) mass is 281 g/mol. The SMILES string of the molecule is O=C(c1cc2c(s1)CCOC2)N1CCCC(CO)C1. The number of nitrogens with zero attached hydrogens (tertiary/aromatic N) is 1. The fourth-order valence-corrected chi connectivity index (χ4v) is 3.92. The highest BCUT2D eigenvalue weighted by atomic mass is 32.1. The molecule has 0 aliphatic carbocycles. The molecule has 0 saturated carbocycles. The van der Waals surface area contributed by atoms with E-state index in [2.05, 4.69) is 0 Å². The molecule has 2 aliphatic rings. The van der Waals surface area contributed by atoms with E-state index >= 15 is 0 Å². The lowest BCUT2D eigenvalue weighted by Crippen LogP contribution is -2.40. The van der Waals surface area contributed by atoms with Crippen LogP contribution < -0.4 is 0 Å². The van der Waals surface area contributed by atoms with Crippen molar-refractivity contribution in [3.8, 4) is 0 Å². The lowest BCUT2D eigenvalue weighted by atomic mass is 9.99. The highest BCUT2D eigenvalue weighted by Gasteiger charge is 2.26. The summed E-state index contributed by atoms with van der Waals surface area (Å²) in [5.41, 5.74) is 1.18. The van der Waals surface area contributed by atoms with Gasteiger partial charge in [-0.15, -0.1) is 11.3 Å². The molecule has 0 aromatic carbocycles. The van der Waals surface area contributed by atoms with Crippen molar-refractivity contribution in [3.63, 3.8) is 0 Å². The lowest BCUT2D eigenvalue weighted by molar-refractivity contribution is 0.0625. The zero-order valence-corrected chi connectivity index (χ0v) is 11.7. The molecule has 0 bridgehead atoms. The molecular formula is C14H19NO3S. The number of rotatable bonds is 2. The van der Waals surface area contributed by atoms with Crippen molar-refractivity contribution in [3.05, 3.63) is 21.4 Å². The predicted molar refractivity (Wildman–Crippen MR) is 73.4 cm³/mol. The number of hydrogen-bond acceptors (Lipinski definition) is 4. The molecule has 5 heteroatoms. The van der Waals surface area contributed by atoms with Crippen LogP contribution in [0, 0.1) is 5.92 Å². The van der Waals surface area contributed by atoms with Crippen molar-refractivity contribution in [2.75, 3.05) is 26.3 Å². The highest BCUT2D eigenvalue weighted by molar-refractivity contribution is 7.14. The fourth-order valence-electron chi connectivity index (χ4n) is 2.81. The second kappa shape index (κ2) is 5.61. The van der Waals surface area contributed by atoms with Gasteiger partial charge in [0.1, 0.15) is 0 Å². The van der Waals surface area contributed by atoms with Crippen LogP contribution in [0.5, 0.6) is 0 Å². The topological polar surface area (TPSA) is 49.8 Å². The summed E-state index contributed by atoms with van der Waals surface area (Å²) in [6.45, 7) is 3.08. The molecule has 0 spiro atoms. The maximum absolute atomic E-state index is 12.5. The number of carbonyl (C=O) groups is 1. The van der Waals surface area contributed by atoms with E-state index in [4.69, 9.17) is 4.74 Å². The normalized spacial score (nSPS) is 23.2. The number of fused-ring (bicyclic) bond motifs is 1. The van der Waals surface area contributed by atoms with Crippen LogP contribution in [0.25, 0.3) is 0 Å². The quantitative estimate of drug-likeness (QED) is 0.897. The van der Waals surface area contributed by atoms with Gasteiger partial charge in [-0.3, -0.25) is 4.79 Å². The van der Waals surface area contributed by atoms with E-state index in [1.807, 2.05) is 11.0 Å². The third kappa shape index (κ3) is 2.68. The van der Waals surface area contributed by atoms with E-state index in [9.17, 15) is 9.90 Å². The Hall–Kier alpha value is -0.910. The number of likely N-dealkylation sites (tertiary alicyclic amines) is 1. The van der Waals surface area contributed by atoms with Crippen molar-refractivity contribution >= 4 is 17.2 Å². The van der Waals surface area contributed by atoms with Gasteiger partial charge in [0.2, 0.25) is 0 Å². The number of piperidine rings is 1. The van der Waals surface area contributed by atoms with Crippen molar-refractivity contribution < 1.29 is 14.6 Å². The van der Waals surface area contributed by atoms with Crippen molar-refractivity contribution in [1.82, 2.24) is 4.90 Å². The van der Waals surface area contributed by atoms with E-state index in [0.717, 1.165) is 37.3 Å². The molecule has 3 rings (SSSR count). The first kappa shape index (κ1) is 13.1. The second-order valence-corrected chi connectivity index (χ2v) is 6.44. The average Bonchev–Trinajstić information content (AvgIpc) is 2.90. The van der Waals surface area contributed by atoms with Crippen LogP contribution in [0.2, 0.25) is 0 Å². The van der Waals surface area contributed by atoms with Crippen LogP contribution in [-0.4, -0.2) is 42.2 Å². The molecule has 1 unspecified atom stereocenters. The van der Waals surface area contributed by atoms with Crippen LogP contribution in [0.15, 0.2) is 6.07 Å². The number of ether oxygens (including phenoxy) is 1. The van der Waals surface area contributed by atoms with Crippen LogP contribution in [0.1, 0.15) is 33.0 Å². The minimum Gasteiger partial charge on any atom is -0.396 e. The largest absolute Gasteiger partial charge is 0.396 e. The van der Waals surface area contributed by atoms with Gasteiger partial charge in [-0.2, -0.15) is 0 Å². The Labute approximate surface area is 117 Å². The van der Waals surface area contributed by atoms with Gasteiger partial charge in [0, 0.05) is 31.0 Å². The smallest absolute Gasteiger partial charge is 0.263 e. The van der Waals surface area contributed by atoms with E-state index < -0.39 is 0 Å². The van der Waals surface area contributed by atoms with Gasteiger partial charge in [0.15, 0.2) is 0 Å². The van der Waals surface area contributed by atoms with Crippen molar-refractivity contribution in [1.29, 1.82) is 0 Å². The van der Waals surface area contributed by atoms with E-state index in [0.29, 0.717) is 13.2 Å². The van der Waals surface area contributed by atoms with E-state index in [1.165, 1.54) is 10.4 Å². The molecule has 0 radical (unpaired) electrons. The van der Waals surface area contributed by atoms with Gasteiger partial charge in [0.05, 0.1) is 18.1 Å². The molecule has 2 aliphatic heterocycles. The zero-order valence-electron chi connectivity index (χ0n) is 10.9. The summed E-state index contributed by atoms with van der Waals surface area (Å²) in [6.07, 6.45) is 2.94. The summed E-state index contributed by atoms with van der Waals surface area (Å²) in [4.78, 5) is 16.5. The van der Waals surface area contributed by atoms with Gasteiger partial charge >= 0.3 is 0 Å². The minimum atomic E-state index is 0.123. The standard InChI is InChI=1S/C14H19NO3S/c16-8-10-2-1-4-15(7-10)14(17)13-6-11-9-18-5-3-12(11)19-13/h6,10,16H,1-5,7-9H2. The Kier molecular flexibility index (Phi) is 3.86. The van der Waals surface area contributed by atoms with E-state index in [1.54, 1.807) is 11.3 Å². The summed E-state index contributed by atoms with van der Waals surface area (Å²) < 4.78 is 5.42. The van der Waals surface area contributed by atoms with Gasteiger partial charge in [0.25, 0.3) is 5.91 Å². The Balaban J connectivity index is 1.74. The number of aliphatic hydroxyl groups excluding tert-OH is 1. The third-order valence-electron chi connectivity index (χ3n) is 3.90. The summed E-state index contributed by atoms with van der Waals surface area (Å²) in [5.74, 6) is 0.369. The minimum absolute atomic E-state index is 0.123. The van der Waals surface area contributed by atoms with Gasteiger partial charge < -0.3 is 14.7 Å². The van der Waals surface area contributed by atoms with Gasteiger partial charge in [-0.25, -0.2) is 0 Å². The van der Waals surface area contributed by atoms with Crippen molar-refractivity contribution in [2.24, 2.45) is 5.92 Å². The number of amides is 1. The van der Waals surface area contributed by atoms with Crippen molar-refractivity contribution in [2.45, 2.75) is 25.9 Å². The Morgan fingerprint density at radius 3 is 3.26 bits per heavy atom. The summed E-state index contributed by atoms with van der Waals surface area (Å²) >= 11 is 1.61. The zero-order chi connectivity index (χ0) is 13.2. The Morgan fingerprint density at radius 2 is 2.47 bits per heavy atom. The highest BCUT2D eigenvalue weighted by Crippen LogP contribution is 2.29. The van der Waals surface area contributed by atoms with Crippen LogP contribution in [0.4, 0.5) is 0 Å². The Morgan fingerprint density at radius 1 is 1.58 bits per heavy atom. The molecule has 1 aromatic rings. The molecule has 3 heterocycles. The summed E-state index contributed by atoms with van der Waals surface area (Å²) in [6, 6.07) is 1.99.